The Bertz CT molecular complexity index is 401. The van der Waals surface area contributed by atoms with Crippen LogP contribution in [0.2, 0.25) is 5.02 Å². The van der Waals surface area contributed by atoms with Crippen LogP contribution in [0.15, 0.2) is 29.2 Å². The van der Waals surface area contributed by atoms with Crippen LogP contribution in [-0.4, -0.2) is 48.3 Å². The molecule has 0 spiro atoms. The molecular weight excluding hydrogens is 256 g/mol. The smallest absolute Gasteiger partial charge is 0.319 e. The van der Waals surface area contributed by atoms with Crippen LogP contribution in [0.3, 0.4) is 0 Å². The third-order valence-corrected chi connectivity index (χ3v) is 4.05. The maximum atomic E-state index is 11.6. The van der Waals surface area contributed by atoms with E-state index in [4.69, 9.17) is 11.6 Å². The van der Waals surface area contributed by atoms with Gasteiger partial charge in [0.25, 0.3) is 0 Å². The summed E-state index contributed by atoms with van der Waals surface area (Å²) in [6.45, 7) is 1.65. The summed E-state index contributed by atoms with van der Waals surface area (Å²) in [7, 11) is 3.56. The topological polar surface area (TPSA) is 23.6 Å². The van der Waals surface area contributed by atoms with E-state index in [9.17, 15) is 4.79 Å². The maximum absolute atomic E-state index is 11.6. The molecule has 1 aromatic carbocycles. The number of thioether (sulfide) groups is 1. The van der Waals surface area contributed by atoms with Crippen LogP contribution in [0, 0.1) is 0 Å². The number of rotatable bonds is 2. The van der Waals surface area contributed by atoms with E-state index in [1.807, 2.05) is 29.2 Å². The number of urea groups is 1. The number of carbonyl (C=O) groups is 1. The van der Waals surface area contributed by atoms with E-state index in [0.29, 0.717) is 5.25 Å². The summed E-state index contributed by atoms with van der Waals surface area (Å²) in [5, 5.41) is 1.26. The quantitative estimate of drug-likeness (QED) is 0.825. The monoisotopic (exact) mass is 270 g/mol. The molecule has 0 bridgehead atoms. The number of likely N-dealkylation sites (tertiary alicyclic amines) is 1. The molecule has 0 aliphatic carbocycles. The Labute approximate surface area is 111 Å². The van der Waals surface area contributed by atoms with E-state index in [1.165, 1.54) is 4.90 Å². The van der Waals surface area contributed by atoms with Crippen molar-refractivity contribution in [1.29, 1.82) is 0 Å². The molecule has 1 aliphatic heterocycles. The summed E-state index contributed by atoms with van der Waals surface area (Å²) < 4.78 is 0. The molecule has 0 atom stereocenters. The predicted molar refractivity (Wildman–Crippen MR) is 71.8 cm³/mol. The average molecular weight is 271 g/mol. The van der Waals surface area contributed by atoms with Crippen molar-refractivity contribution in [3.8, 4) is 0 Å². The highest BCUT2D eigenvalue weighted by Gasteiger charge is 2.31. The first-order valence-corrected chi connectivity index (χ1v) is 6.70. The Morgan fingerprint density at radius 1 is 1.35 bits per heavy atom. The largest absolute Gasteiger partial charge is 0.331 e. The van der Waals surface area contributed by atoms with Gasteiger partial charge in [-0.3, -0.25) is 0 Å². The lowest BCUT2D eigenvalue weighted by molar-refractivity contribution is 0.146. The molecule has 0 radical (unpaired) electrons. The first-order valence-electron chi connectivity index (χ1n) is 5.44. The van der Waals surface area contributed by atoms with Crippen molar-refractivity contribution < 1.29 is 4.79 Å². The van der Waals surface area contributed by atoms with E-state index in [2.05, 4.69) is 0 Å². The van der Waals surface area contributed by atoms with Crippen molar-refractivity contribution >= 4 is 29.4 Å². The van der Waals surface area contributed by atoms with Gasteiger partial charge >= 0.3 is 6.03 Å². The van der Waals surface area contributed by atoms with Crippen molar-refractivity contribution in [1.82, 2.24) is 9.80 Å². The Morgan fingerprint density at radius 3 is 2.47 bits per heavy atom. The van der Waals surface area contributed by atoms with E-state index >= 15 is 0 Å². The minimum Gasteiger partial charge on any atom is -0.331 e. The third kappa shape index (κ3) is 3.07. The van der Waals surface area contributed by atoms with Crippen LogP contribution in [0.4, 0.5) is 4.79 Å². The van der Waals surface area contributed by atoms with E-state index in [0.717, 1.165) is 18.1 Å². The van der Waals surface area contributed by atoms with Gasteiger partial charge in [0.15, 0.2) is 0 Å². The van der Waals surface area contributed by atoms with Crippen molar-refractivity contribution in [2.45, 2.75) is 10.1 Å². The number of nitrogens with zero attached hydrogens (tertiary/aromatic N) is 2. The number of amides is 2. The maximum Gasteiger partial charge on any atom is 0.319 e. The van der Waals surface area contributed by atoms with Gasteiger partial charge in [-0.15, -0.1) is 11.8 Å². The number of carbonyl (C=O) groups excluding carboxylic acids is 1. The zero-order valence-electron chi connectivity index (χ0n) is 9.89. The lowest BCUT2D eigenvalue weighted by Crippen LogP contribution is -2.55. The molecule has 2 rings (SSSR count). The van der Waals surface area contributed by atoms with E-state index in [1.54, 1.807) is 30.8 Å². The highest BCUT2D eigenvalue weighted by atomic mass is 35.5. The zero-order valence-corrected chi connectivity index (χ0v) is 11.5. The minimum absolute atomic E-state index is 0.0953. The molecule has 0 N–H and O–H groups in total. The second-order valence-corrected chi connectivity index (χ2v) is 6.09. The lowest BCUT2D eigenvalue weighted by Gasteiger charge is -2.40. The molecule has 0 saturated carbocycles. The first kappa shape index (κ1) is 12.6. The fraction of sp³-hybridized carbons (Fsp3) is 0.417. The third-order valence-electron chi connectivity index (χ3n) is 2.62. The van der Waals surface area contributed by atoms with Gasteiger partial charge < -0.3 is 9.80 Å². The Kier molecular flexibility index (Phi) is 3.84. The van der Waals surface area contributed by atoms with Crippen LogP contribution < -0.4 is 0 Å². The Morgan fingerprint density at radius 2 is 1.94 bits per heavy atom. The standard InChI is InChI=1S/C12H15ClN2OS/c1-14(2)12(16)15-7-11(8-15)17-10-5-3-9(13)4-6-10/h3-6,11H,7-8H2,1-2H3. The van der Waals surface area contributed by atoms with Gasteiger partial charge in [0, 0.05) is 42.4 Å². The van der Waals surface area contributed by atoms with Gasteiger partial charge in [-0.05, 0) is 24.3 Å². The summed E-state index contributed by atoms with van der Waals surface area (Å²) in [6.07, 6.45) is 0. The number of benzene rings is 1. The summed E-state index contributed by atoms with van der Waals surface area (Å²) in [5.41, 5.74) is 0. The molecule has 1 aliphatic rings. The van der Waals surface area contributed by atoms with Gasteiger partial charge in [-0.25, -0.2) is 4.79 Å². The van der Waals surface area contributed by atoms with Crippen LogP contribution >= 0.6 is 23.4 Å². The fourth-order valence-corrected chi connectivity index (χ4v) is 2.97. The van der Waals surface area contributed by atoms with Crippen molar-refractivity contribution in [3.63, 3.8) is 0 Å². The second-order valence-electron chi connectivity index (χ2n) is 4.28. The zero-order chi connectivity index (χ0) is 12.4. The molecular formula is C12H15ClN2OS. The molecule has 92 valence electrons. The van der Waals surface area contributed by atoms with Crippen molar-refractivity contribution in [3.05, 3.63) is 29.3 Å². The van der Waals surface area contributed by atoms with Crippen LogP contribution in [0.25, 0.3) is 0 Å². The highest BCUT2D eigenvalue weighted by Crippen LogP contribution is 2.30. The molecule has 0 unspecified atom stereocenters. The van der Waals surface area contributed by atoms with Crippen LogP contribution in [0.1, 0.15) is 0 Å². The van der Waals surface area contributed by atoms with E-state index < -0.39 is 0 Å². The molecule has 3 nitrogen and oxygen atoms in total. The Balaban J connectivity index is 1.81. The normalized spacial score (nSPS) is 15.6. The van der Waals surface area contributed by atoms with Gasteiger partial charge in [0.05, 0.1) is 0 Å². The van der Waals surface area contributed by atoms with Gasteiger partial charge in [0.2, 0.25) is 0 Å². The summed E-state index contributed by atoms with van der Waals surface area (Å²) in [5.74, 6) is 0. The van der Waals surface area contributed by atoms with Gasteiger partial charge in [-0.2, -0.15) is 0 Å². The molecule has 5 heteroatoms. The summed E-state index contributed by atoms with van der Waals surface area (Å²) >= 11 is 7.63. The lowest BCUT2D eigenvalue weighted by atomic mass is 10.2. The number of hydrogen-bond acceptors (Lipinski definition) is 2. The molecule has 2 amide bonds. The molecule has 0 aromatic heterocycles. The van der Waals surface area contributed by atoms with Crippen LogP contribution in [-0.2, 0) is 0 Å². The molecule has 1 heterocycles. The summed E-state index contributed by atoms with van der Waals surface area (Å²) in [6, 6.07) is 7.92. The van der Waals surface area contributed by atoms with Gasteiger partial charge in [-0.1, -0.05) is 11.6 Å². The molecule has 17 heavy (non-hydrogen) atoms. The van der Waals surface area contributed by atoms with Crippen LogP contribution in [0.5, 0.6) is 0 Å². The average Bonchev–Trinajstić information content (AvgIpc) is 2.24. The second kappa shape index (κ2) is 5.19. The fourth-order valence-electron chi connectivity index (χ4n) is 1.66. The highest BCUT2D eigenvalue weighted by molar-refractivity contribution is 8.00. The number of hydrogen-bond donors (Lipinski definition) is 0. The first-order chi connectivity index (χ1) is 8.06. The molecule has 1 aromatic rings. The SMILES string of the molecule is CN(C)C(=O)N1CC(Sc2ccc(Cl)cc2)C1. The van der Waals surface area contributed by atoms with Crippen molar-refractivity contribution in [2.75, 3.05) is 27.2 Å². The predicted octanol–water partition coefficient (Wildman–Crippen LogP) is 2.80. The Hall–Kier alpha value is -0.870. The van der Waals surface area contributed by atoms with Crippen molar-refractivity contribution in [2.24, 2.45) is 0 Å². The summed E-state index contributed by atoms with van der Waals surface area (Å²) in [4.78, 5) is 16.3. The molecule has 1 saturated heterocycles. The number of halogens is 1. The van der Waals surface area contributed by atoms with E-state index in [-0.39, 0.29) is 6.03 Å². The van der Waals surface area contributed by atoms with Gasteiger partial charge in [0.1, 0.15) is 0 Å². The minimum atomic E-state index is 0.0953. The molecule has 1 fully saturated rings.